The van der Waals surface area contributed by atoms with Gasteiger partial charge >= 0.3 is 0 Å². The molecule has 0 aliphatic carbocycles. The fourth-order valence-corrected chi connectivity index (χ4v) is 4.40. The van der Waals surface area contributed by atoms with Gasteiger partial charge < -0.3 is 24.4 Å². The Balaban J connectivity index is 2.11. The quantitative estimate of drug-likeness (QED) is 0.394. The van der Waals surface area contributed by atoms with Gasteiger partial charge in [0.2, 0.25) is 0 Å². The molecule has 1 saturated heterocycles. The number of likely N-dealkylation sites (tertiary alicyclic amines) is 1. The molecule has 7 nitrogen and oxygen atoms in total. The van der Waals surface area contributed by atoms with E-state index in [-0.39, 0.29) is 11.3 Å². The molecule has 1 atom stereocenters. The molecule has 1 aliphatic rings. The molecule has 1 aromatic heterocycles. The van der Waals surface area contributed by atoms with Gasteiger partial charge in [0, 0.05) is 11.4 Å². The molecule has 30 heavy (non-hydrogen) atoms. The van der Waals surface area contributed by atoms with Crippen molar-refractivity contribution in [3.8, 4) is 11.5 Å². The van der Waals surface area contributed by atoms with Gasteiger partial charge in [0.25, 0.3) is 11.7 Å². The van der Waals surface area contributed by atoms with Crippen LogP contribution in [0.5, 0.6) is 11.5 Å². The topological polar surface area (TPSA) is 79.3 Å². The fourth-order valence-electron chi connectivity index (χ4n) is 3.55. The average Bonchev–Trinajstić information content (AvgIpc) is 3.35. The Hall–Kier alpha value is -2.84. The second kappa shape index (κ2) is 9.32. The number of ether oxygens (including phenoxy) is 2. The number of benzene rings is 1. The Morgan fingerprint density at radius 3 is 2.57 bits per heavy atom. The molecule has 1 unspecified atom stereocenters. The van der Waals surface area contributed by atoms with Crippen LogP contribution >= 0.6 is 11.3 Å². The van der Waals surface area contributed by atoms with Crippen LogP contribution in [0.25, 0.3) is 5.76 Å². The highest BCUT2D eigenvalue weighted by molar-refractivity contribution is 7.10. The van der Waals surface area contributed by atoms with Gasteiger partial charge in [0.15, 0.2) is 0 Å². The minimum absolute atomic E-state index is 0.0684. The predicted molar refractivity (Wildman–Crippen MR) is 116 cm³/mol. The number of hydrogen-bond acceptors (Lipinski definition) is 7. The normalized spacial score (nSPS) is 18.3. The number of methoxy groups -OCH3 is 2. The van der Waals surface area contributed by atoms with Crippen LogP contribution in [0.2, 0.25) is 0 Å². The summed E-state index contributed by atoms with van der Waals surface area (Å²) in [5, 5.41) is 13.1. The van der Waals surface area contributed by atoms with Crippen molar-refractivity contribution in [1.82, 2.24) is 9.80 Å². The summed E-state index contributed by atoms with van der Waals surface area (Å²) in [5.74, 6) is -0.670. The first-order chi connectivity index (χ1) is 14.4. The zero-order valence-corrected chi connectivity index (χ0v) is 18.4. The molecular weight excluding hydrogens is 404 g/mol. The van der Waals surface area contributed by atoms with E-state index in [1.807, 2.05) is 36.5 Å². The van der Waals surface area contributed by atoms with Gasteiger partial charge in [0.05, 0.1) is 31.4 Å². The number of nitrogens with zero attached hydrogens (tertiary/aromatic N) is 2. The predicted octanol–water partition coefficient (Wildman–Crippen LogP) is 3.14. The number of carbonyl (C=O) groups is 2. The first kappa shape index (κ1) is 21.9. The second-order valence-electron chi connectivity index (χ2n) is 7.23. The van der Waals surface area contributed by atoms with Crippen molar-refractivity contribution in [2.24, 2.45) is 0 Å². The van der Waals surface area contributed by atoms with Crippen LogP contribution in [-0.2, 0) is 9.59 Å². The molecule has 2 aromatic rings. The lowest BCUT2D eigenvalue weighted by atomic mass is 9.99. The van der Waals surface area contributed by atoms with Crippen molar-refractivity contribution in [2.45, 2.75) is 12.5 Å². The third kappa shape index (κ3) is 4.20. The Morgan fingerprint density at radius 2 is 1.97 bits per heavy atom. The standard InChI is InChI=1S/C22H26N2O5S/c1-23(2)10-6-11-24-19(17-7-5-12-30-17)18(21(26)22(24)27)20(25)15-13-14(28-3)8-9-16(15)29-4/h5,7-9,12-13,19,25H,6,10-11H2,1-4H3/b20-18-. The molecule has 1 aromatic carbocycles. The molecule has 0 spiro atoms. The van der Waals surface area contributed by atoms with Crippen LogP contribution in [0.15, 0.2) is 41.3 Å². The molecule has 0 saturated carbocycles. The maximum atomic E-state index is 13.0. The monoisotopic (exact) mass is 430 g/mol. The van der Waals surface area contributed by atoms with E-state index in [4.69, 9.17) is 9.47 Å². The Bertz CT molecular complexity index is 952. The number of aliphatic hydroxyl groups excluding tert-OH is 1. The van der Waals surface area contributed by atoms with Crippen molar-refractivity contribution >= 4 is 28.8 Å². The zero-order chi connectivity index (χ0) is 21.8. The molecule has 1 amide bonds. The molecule has 8 heteroatoms. The van der Waals surface area contributed by atoms with Crippen LogP contribution in [-0.4, -0.2) is 68.0 Å². The summed E-state index contributed by atoms with van der Waals surface area (Å²) >= 11 is 1.44. The van der Waals surface area contributed by atoms with Crippen molar-refractivity contribution < 1.29 is 24.2 Å². The van der Waals surface area contributed by atoms with Crippen LogP contribution in [0.4, 0.5) is 0 Å². The second-order valence-corrected chi connectivity index (χ2v) is 8.21. The molecule has 1 fully saturated rings. The number of rotatable bonds is 8. The maximum absolute atomic E-state index is 13.0. The van der Waals surface area contributed by atoms with E-state index < -0.39 is 17.7 Å². The minimum Gasteiger partial charge on any atom is -0.507 e. The average molecular weight is 431 g/mol. The summed E-state index contributed by atoms with van der Waals surface area (Å²) in [4.78, 5) is 30.3. The van der Waals surface area contributed by atoms with E-state index >= 15 is 0 Å². The number of carbonyl (C=O) groups excluding carboxylic acids is 2. The lowest BCUT2D eigenvalue weighted by molar-refractivity contribution is -0.139. The summed E-state index contributed by atoms with van der Waals surface area (Å²) in [5.41, 5.74) is 0.378. The van der Waals surface area contributed by atoms with E-state index in [9.17, 15) is 14.7 Å². The van der Waals surface area contributed by atoms with Crippen molar-refractivity contribution in [1.29, 1.82) is 0 Å². The lowest BCUT2D eigenvalue weighted by Gasteiger charge is -2.24. The van der Waals surface area contributed by atoms with Crippen molar-refractivity contribution in [2.75, 3.05) is 41.4 Å². The summed E-state index contributed by atoms with van der Waals surface area (Å²) in [7, 11) is 6.91. The maximum Gasteiger partial charge on any atom is 0.295 e. The summed E-state index contributed by atoms with van der Waals surface area (Å²) in [6.45, 7) is 1.20. The summed E-state index contributed by atoms with van der Waals surface area (Å²) < 4.78 is 10.6. The molecule has 1 N–H and O–H groups in total. The molecule has 3 rings (SSSR count). The molecule has 160 valence electrons. The molecule has 0 radical (unpaired) electrons. The minimum atomic E-state index is -0.694. The molecule has 0 bridgehead atoms. The Morgan fingerprint density at radius 1 is 1.20 bits per heavy atom. The van der Waals surface area contributed by atoms with Crippen molar-refractivity contribution in [3.05, 3.63) is 51.7 Å². The van der Waals surface area contributed by atoms with Gasteiger partial charge in [-0.25, -0.2) is 0 Å². The summed E-state index contributed by atoms with van der Waals surface area (Å²) in [6.07, 6.45) is 0.713. The summed E-state index contributed by atoms with van der Waals surface area (Å²) in [6, 6.07) is 8.05. The third-order valence-electron chi connectivity index (χ3n) is 5.02. The van der Waals surface area contributed by atoms with Gasteiger partial charge in [-0.3, -0.25) is 9.59 Å². The zero-order valence-electron chi connectivity index (χ0n) is 17.5. The van der Waals surface area contributed by atoms with E-state index in [0.29, 0.717) is 30.0 Å². The lowest BCUT2D eigenvalue weighted by Crippen LogP contribution is -2.32. The number of aliphatic hydroxyl groups is 1. The highest BCUT2D eigenvalue weighted by atomic mass is 32.1. The number of ketones is 1. The number of amides is 1. The highest BCUT2D eigenvalue weighted by Gasteiger charge is 2.46. The first-order valence-electron chi connectivity index (χ1n) is 9.58. The largest absolute Gasteiger partial charge is 0.507 e. The van der Waals surface area contributed by atoms with Gasteiger partial charge in [-0.1, -0.05) is 6.07 Å². The number of Topliss-reactive ketones (excluding diaryl/α,β-unsaturated/α-hetero) is 1. The van der Waals surface area contributed by atoms with E-state index in [2.05, 4.69) is 0 Å². The van der Waals surface area contributed by atoms with Crippen LogP contribution in [0.3, 0.4) is 0 Å². The molecule has 1 aliphatic heterocycles. The van der Waals surface area contributed by atoms with E-state index in [1.165, 1.54) is 25.6 Å². The van der Waals surface area contributed by atoms with Gasteiger partial charge in [-0.05, 0) is 56.7 Å². The number of thiophene rings is 1. The van der Waals surface area contributed by atoms with Gasteiger partial charge in [-0.2, -0.15) is 0 Å². The van der Waals surface area contributed by atoms with Gasteiger partial charge in [-0.15, -0.1) is 11.3 Å². The Kier molecular flexibility index (Phi) is 6.79. The van der Waals surface area contributed by atoms with E-state index in [0.717, 1.165) is 11.4 Å². The fraction of sp³-hybridized carbons (Fsp3) is 0.364. The van der Waals surface area contributed by atoms with Crippen molar-refractivity contribution in [3.63, 3.8) is 0 Å². The number of hydrogen-bond donors (Lipinski definition) is 1. The van der Waals surface area contributed by atoms with E-state index in [1.54, 1.807) is 23.1 Å². The SMILES string of the molecule is COc1ccc(OC)c(/C(O)=C2/C(=O)C(=O)N(CCCN(C)C)C2c2cccs2)c1. The van der Waals surface area contributed by atoms with Crippen LogP contribution in [0, 0.1) is 0 Å². The smallest absolute Gasteiger partial charge is 0.295 e. The van der Waals surface area contributed by atoms with Gasteiger partial charge in [0.1, 0.15) is 17.3 Å². The first-order valence-corrected chi connectivity index (χ1v) is 10.5. The molecular formula is C22H26N2O5S. The molecule has 2 heterocycles. The van der Waals surface area contributed by atoms with Crippen LogP contribution in [0.1, 0.15) is 22.9 Å². The van der Waals surface area contributed by atoms with Crippen LogP contribution < -0.4 is 9.47 Å². The highest BCUT2D eigenvalue weighted by Crippen LogP contribution is 2.42. The Labute approximate surface area is 180 Å². The third-order valence-corrected chi connectivity index (χ3v) is 5.94.